The number of hydrogen-bond acceptors (Lipinski definition) is 2. The lowest BCUT2D eigenvalue weighted by atomic mass is 9.80. The van der Waals surface area contributed by atoms with Crippen molar-refractivity contribution in [3.05, 3.63) is 0 Å². The molecule has 0 aromatic carbocycles. The van der Waals surface area contributed by atoms with Gasteiger partial charge in [-0.15, -0.1) is 0 Å². The average Bonchev–Trinajstić information content (AvgIpc) is 2.15. The highest BCUT2D eigenvalue weighted by Gasteiger charge is 2.26. The molecule has 0 bridgehead atoms. The Morgan fingerprint density at radius 2 is 1.69 bits per heavy atom. The van der Waals surface area contributed by atoms with Crippen LogP contribution in [0.15, 0.2) is 0 Å². The zero-order valence-corrected chi connectivity index (χ0v) is 11.6. The highest BCUT2D eigenvalue weighted by Crippen LogP contribution is 2.29. The van der Waals surface area contributed by atoms with Gasteiger partial charge in [-0.3, -0.25) is 0 Å². The summed E-state index contributed by atoms with van der Waals surface area (Å²) in [7, 11) is 1.79. The van der Waals surface area contributed by atoms with Crippen LogP contribution < -0.4 is 5.32 Å². The molecule has 0 aromatic heterocycles. The molecular formula is C14H29NO. The molecular weight excluding hydrogens is 198 g/mol. The third-order valence-corrected chi connectivity index (χ3v) is 3.78. The number of nitrogens with one attached hydrogen (secondary N) is 1. The van der Waals surface area contributed by atoms with Crippen LogP contribution in [0.3, 0.4) is 0 Å². The van der Waals surface area contributed by atoms with Gasteiger partial charge in [0.25, 0.3) is 0 Å². The maximum absolute atomic E-state index is 5.30. The molecule has 0 saturated heterocycles. The monoisotopic (exact) mass is 227 g/mol. The van der Waals surface area contributed by atoms with E-state index in [0.717, 1.165) is 18.4 Å². The normalized spacial score (nSPS) is 33.0. The molecule has 3 unspecified atom stereocenters. The van der Waals surface area contributed by atoms with Crippen LogP contribution in [0.1, 0.15) is 47.0 Å². The smallest absolute Gasteiger partial charge is 0.0618 e. The summed E-state index contributed by atoms with van der Waals surface area (Å²) < 4.78 is 5.30. The van der Waals surface area contributed by atoms with Crippen LogP contribution in [0, 0.1) is 17.8 Å². The lowest BCUT2D eigenvalue weighted by Crippen LogP contribution is -2.46. The van der Waals surface area contributed by atoms with Crippen molar-refractivity contribution in [1.82, 2.24) is 5.32 Å². The number of rotatable bonds is 5. The number of ether oxygens (including phenoxy) is 1. The van der Waals surface area contributed by atoms with Crippen molar-refractivity contribution in [1.29, 1.82) is 0 Å². The standard InChI is InChI=1S/C14H29NO/c1-10(2)14(9-16-5)15-13-7-11(3)6-12(4)8-13/h10-15H,6-9H2,1-5H3. The molecule has 2 nitrogen and oxygen atoms in total. The Bertz CT molecular complexity index is 183. The van der Waals surface area contributed by atoms with Crippen LogP contribution in [0.5, 0.6) is 0 Å². The minimum absolute atomic E-state index is 0.507. The molecule has 16 heavy (non-hydrogen) atoms. The highest BCUT2D eigenvalue weighted by molar-refractivity contribution is 4.83. The van der Waals surface area contributed by atoms with Crippen molar-refractivity contribution < 1.29 is 4.74 Å². The second kappa shape index (κ2) is 6.61. The van der Waals surface area contributed by atoms with E-state index in [1.807, 2.05) is 0 Å². The fraction of sp³-hybridized carbons (Fsp3) is 1.00. The Labute approximate surface area is 101 Å². The van der Waals surface area contributed by atoms with Gasteiger partial charge in [-0.05, 0) is 37.0 Å². The summed E-state index contributed by atoms with van der Waals surface area (Å²) in [5.41, 5.74) is 0. The summed E-state index contributed by atoms with van der Waals surface area (Å²) >= 11 is 0. The van der Waals surface area contributed by atoms with E-state index in [9.17, 15) is 0 Å². The Hall–Kier alpha value is -0.0800. The zero-order valence-electron chi connectivity index (χ0n) is 11.6. The first-order valence-electron chi connectivity index (χ1n) is 6.77. The molecule has 0 radical (unpaired) electrons. The Morgan fingerprint density at radius 1 is 1.12 bits per heavy atom. The molecule has 1 fully saturated rings. The van der Waals surface area contributed by atoms with Crippen molar-refractivity contribution >= 4 is 0 Å². The van der Waals surface area contributed by atoms with Crippen LogP contribution in [0.25, 0.3) is 0 Å². The molecule has 1 aliphatic carbocycles. The third kappa shape index (κ3) is 4.42. The first kappa shape index (κ1) is 14.0. The molecule has 3 atom stereocenters. The van der Waals surface area contributed by atoms with Crippen LogP contribution in [-0.2, 0) is 4.74 Å². The van der Waals surface area contributed by atoms with Crippen LogP contribution in [0.2, 0.25) is 0 Å². The largest absolute Gasteiger partial charge is 0.383 e. The zero-order chi connectivity index (χ0) is 12.1. The van der Waals surface area contributed by atoms with Gasteiger partial charge < -0.3 is 10.1 Å². The Morgan fingerprint density at radius 3 is 2.12 bits per heavy atom. The van der Waals surface area contributed by atoms with Crippen LogP contribution in [-0.4, -0.2) is 25.8 Å². The fourth-order valence-electron chi connectivity index (χ4n) is 3.00. The van der Waals surface area contributed by atoms with Gasteiger partial charge in [-0.1, -0.05) is 27.7 Å². The maximum Gasteiger partial charge on any atom is 0.0618 e. The molecule has 1 rings (SSSR count). The lowest BCUT2D eigenvalue weighted by Gasteiger charge is -2.35. The Balaban J connectivity index is 2.43. The van der Waals surface area contributed by atoms with Gasteiger partial charge in [0.2, 0.25) is 0 Å². The van der Waals surface area contributed by atoms with E-state index in [1.54, 1.807) is 7.11 Å². The summed E-state index contributed by atoms with van der Waals surface area (Å²) in [4.78, 5) is 0. The molecule has 96 valence electrons. The average molecular weight is 227 g/mol. The quantitative estimate of drug-likeness (QED) is 0.779. The minimum atomic E-state index is 0.507. The van der Waals surface area contributed by atoms with Crippen molar-refractivity contribution in [2.24, 2.45) is 17.8 Å². The SMILES string of the molecule is COCC(NC1CC(C)CC(C)C1)C(C)C. The predicted octanol–water partition coefficient (Wildman–Crippen LogP) is 3.07. The lowest BCUT2D eigenvalue weighted by molar-refractivity contribution is 0.125. The molecule has 0 amide bonds. The second-order valence-electron chi connectivity index (χ2n) is 6.09. The van der Waals surface area contributed by atoms with E-state index in [4.69, 9.17) is 4.74 Å². The minimum Gasteiger partial charge on any atom is -0.383 e. The fourth-order valence-corrected chi connectivity index (χ4v) is 3.00. The van der Waals surface area contributed by atoms with Gasteiger partial charge in [0.1, 0.15) is 0 Å². The van der Waals surface area contributed by atoms with E-state index in [-0.39, 0.29) is 0 Å². The first-order chi connectivity index (χ1) is 7.52. The summed E-state index contributed by atoms with van der Waals surface area (Å²) in [6, 6.07) is 1.20. The van der Waals surface area contributed by atoms with Crippen molar-refractivity contribution in [3.63, 3.8) is 0 Å². The van der Waals surface area contributed by atoms with Crippen molar-refractivity contribution in [2.45, 2.75) is 59.0 Å². The summed E-state index contributed by atoms with van der Waals surface area (Å²) in [6.07, 6.45) is 4.06. The molecule has 1 aliphatic rings. The predicted molar refractivity (Wildman–Crippen MR) is 69.6 cm³/mol. The van der Waals surface area contributed by atoms with Gasteiger partial charge in [-0.2, -0.15) is 0 Å². The molecule has 0 aliphatic heterocycles. The molecule has 0 aromatic rings. The third-order valence-electron chi connectivity index (χ3n) is 3.78. The van der Waals surface area contributed by atoms with Crippen molar-refractivity contribution in [2.75, 3.05) is 13.7 Å². The van der Waals surface area contributed by atoms with Gasteiger partial charge in [0, 0.05) is 19.2 Å². The van der Waals surface area contributed by atoms with Gasteiger partial charge >= 0.3 is 0 Å². The molecule has 0 heterocycles. The Kier molecular flexibility index (Phi) is 5.77. The molecule has 1 saturated carbocycles. The van der Waals surface area contributed by atoms with E-state index < -0.39 is 0 Å². The topological polar surface area (TPSA) is 21.3 Å². The number of methoxy groups -OCH3 is 1. The second-order valence-corrected chi connectivity index (χ2v) is 6.09. The molecule has 2 heteroatoms. The molecule has 0 spiro atoms. The van der Waals surface area contributed by atoms with Gasteiger partial charge in [0.15, 0.2) is 0 Å². The molecule has 1 N–H and O–H groups in total. The van der Waals surface area contributed by atoms with E-state index in [2.05, 4.69) is 33.0 Å². The first-order valence-corrected chi connectivity index (χ1v) is 6.77. The number of hydrogen-bond donors (Lipinski definition) is 1. The summed E-state index contributed by atoms with van der Waals surface area (Å²) in [5, 5.41) is 3.79. The summed E-state index contributed by atoms with van der Waals surface area (Å²) in [6.45, 7) is 10.1. The highest BCUT2D eigenvalue weighted by atomic mass is 16.5. The van der Waals surface area contributed by atoms with Gasteiger partial charge in [0.05, 0.1) is 6.61 Å². The summed E-state index contributed by atoms with van der Waals surface area (Å²) in [5.74, 6) is 2.39. The van der Waals surface area contributed by atoms with Crippen LogP contribution >= 0.6 is 0 Å². The van der Waals surface area contributed by atoms with E-state index in [0.29, 0.717) is 18.0 Å². The van der Waals surface area contributed by atoms with Crippen molar-refractivity contribution in [3.8, 4) is 0 Å². The van der Waals surface area contributed by atoms with Gasteiger partial charge in [-0.25, -0.2) is 0 Å². The van der Waals surface area contributed by atoms with E-state index in [1.165, 1.54) is 19.3 Å². The van der Waals surface area contributed by atoms with E-state index >= 15 is 0 Å². The van der Waals surface area contributed by atoms with Crippen LogP contribution in [0.4, 0.5) is 0 Å². The maximum atomic E-state index is 5.30.